The van der Waals surface area contributed by atoms with Crippen LogP contribution in [0.25, 0.3) is 0 Å². The minimum atomic E-state index is 0. The van der Waals surface area contributed by atoms with Gasteiger partial charge >= 0.3 is 0 Å². The predicted octanol–water partition coefficient (Wildman–Crippen LogP) is 5.60. The number of hydrogen-bond acceptors (Lipinski definition) is 5. The van der Waals surface area contributed by atoms with Gasteiger partial charge in [-0.1, -0.05) is 0 Å². The smallest absolute Gasteiger partial charge is 0.254 e. The average molecular weight is 476 g/mol. The van der Waals surface area contributed by atoms with Crippen molar-refractivity contribution in [3.8, 4) is 11.5 Å². The Morgan fingerprint density at radius 2 is 1.48 bits per heavy atom. The Balaban J connectivity index is 0.00000544. The topological polar surface area (TPSA) is 77.1 Å². The van der Waals surface area contributed by atoms with E-state index in [-0.39, 0.29) is 30.4 Å². The zero-order valence-electron chi connectivity index (χ0n) is 20.4. The van der Waals surface area contributed by atoms with Gasteiger partial charge in [-0.2, -0.15) is 5.10 Å². The third-order valence-corrected chi connectivity index (χ3v) is 5.21. The first-order chi connectivity index (χ1) is 15.3. The van der Waals surface area contributed by atoms with Crippen molar-refractivity contribution in [2.45, 2.75) is 66.0 Å². The third-order valence-electron chi connectivity index (χ3n) is 5.21. The molecule has 0 aromatic heterocycles. The highest BCUT2D eigenvalue weighted by Crippen LogP contribution is 2.21. The first-order valence-electron chi connectivity index (χ1n) is 11.4. The molecule has 2 aromatic carbocycles. The van der Waals surface area contributed by atoms with Crippen molar-refractivity contribution in [2.24, 2.45) is 10.9 Å². The summed E-state index contributed by atoms with van der Waals surface area (Å²) in [6.07, 6.45) is 4.53. The number of nitrogens with zero attached hydrogens (tertiary/aromatic N) is 2. The fourth-order valence-corrected chi connectivity index (χ4v) is 3.67. The van der Waals surface area contributed by atoms with Crippen LogP contribution in [0.1, 0.15) is 68.4 Å². The SMILES string of the molecule is Cc1cc(OCCCCCOc2ccc(C=NN)cc2)ccc1C(=O)N(C(C)C)C(C)C.Cl. The molecular formula is C26H38ClN3O3. The number of rotatable bonds is 12. The number of hydrazone groups is 1. The lowest BCUT2D eigenvalue weighted by atomic mass is 10.1. The molecule has 6 nitrogen and oxygen atoms in total. The first kappa shape index (κ1) is 28.3. The minimum absolute atomic E-state index is 0. The van der Waals surface area contributed by atoms with Crippen LogP contribution in [0.15, 0.2) is 47.6 Å². The van der Waals surface area contributed by atoms with Crippen LogP contribution < -0.4 is 15.3 Å². The molecule has 33 heavy (non-hydrogen) atoms. The number of unbranched alkanes of at least 4 members (excludes halogenated alkanes) is 2. The maximum absolute atomic E-state index is 12.9. The van der Waals surface area contributed by atoms with E-state index in [1.54, 1.807) is 6.21 Å². The molecule has 2 N–H and O–H groups in total. The zero-order valence-corrected chi connectivity index (χ0v) is 21.2. The molecule has 0 heterocycles. The van der Waals surface area contributed by atoms with E-state index >= 15 is 0 Å². The molecule has 0 aliphatic carbocycles. The van der Waals surface area contributed by atoms with E-state index in [9.17, 15) is 4.79 Å². The molecule has 182 valence electrons. The van der Waals surface area contributed by atoms with E-state index in [0.29, 0.717) is 13.2 Å². The van der Waals surface area contributed by atoms with E-state index in [1.807, 2.05) is 82.0 Å². The molecule has 0 unspecified atom stereocenters. The normalized spacial score (nSPS) is 11.0. The van der Waals surface area contributed by atoms with Gasteiger partial charge in [0.15, 0.2) is 0 Å². The second-order valence-electron chi connectivity index (χ2n) is 8.48. The highest BCUT2D eigenvalue weighted by molar-refractivity contribution is 5.96. The first-order valence-corrected chi connectivity index (χ1v) is 11.4. The molecule has 2 rings (SSSR count). The van der Waals surface area contributed by atoms with E-state index in [0.717, 1.165) is 47.5 Å². The average Bonchev–Trinajstić information content (AvgIpc) is 2.74. The van der Waals surface area contributed by atoms with Gasteiger partial charge < -0.3 is 20.2 Å². The van der Waals surface area contributed by atoms with Gasteiger partial charge in [0.25, 0.3) is 5.91 Å². The van der Waals surface area contributed by atoms with Crippen molar-refractivity contribution in [3.05, 3.63) is 59.2 Å². The van der Waals surface area contributed by atoms with Crippen LogP contribution in [0.4, 0.5) is 0 Å². The molecule has 7 heteroatoms. The summed E-state index contributed by atoms with van der Waals surface area (Å²) in [4.78, 5) is 14.8. The number of amides is 1. The molecular weight excluding hydrogens is 438 g/mol. The highest BCUT2D eigenvalue weighted by atomic mass is 35.5. The van der Waals surface area contributed by atoms with Crippen molar-refractivity contribution in [3.63, 3.8) is 0 Å². The summed E-state index contributed by atoms with van der Waals surface area (Å²) in [6.45, 7) is 11.5. The summed E-state index contributed by atoms with van der Waals surface area (Å²) in [7, 11) is 0. The van der Waals surface area contributed by atoms with Crippen LogP contribution in [0.5, 0.6) is 11.5 Å². The van der Waals surface area contributed by atoms with Crippen LogP contribution in [-0.2, 0) is 0 Å². The quantitative estimate of drug-likeness (QED) is 0.188. The van der Waals surface area contributed by atoms with Gasteiger partial charge in [0.1, 0.15) is 11.5 Å². The number of ether oxygens (including phenoxy) is 2. The van der Waals surface area contributed by atoms with E-state index in [2.05, 4.69) is 5.10 Å². The van der Waals surface area contributed by atoms with Crippen molar-refractivity contribution in [1.29, 1.82) is 0 Å². The van der Waals surface area contributed by atoms with E-state index in [4.69, 9.17) is 15.3 Å². The van der Waals surface area contributed by atoms with Gasteiger partial charge in [0, 0.05) is 17.6 Å². The number of halogens is 1. The molecule has 0 aliphatic heterocycles. The summed E-state index contributed by atoms with van der Waals surface area (Å²) >= 11 is 0. The Morgan fingerprint density at radius 3 is 2.00 bits per heavy atom. The van der Waals surface area contributed by atoms with Gasteiger partial charge in [-0.3, -0.25) is 4.79 Å². The lowest BCUT2D eigenvalue weighted by molar-refractivity contribution is 0.0643. The fourth-order valence-electron chi connectivity index (χ4n) is 3.67. The number of aryl methyl sites for hydroxylation is 1. The number of hydrogen-bond donors (Lipinski definition) is 1. The second kappa shape index (κ2) is 14.4. The van der Waals surface area contributed by atoms with Crippen molar-refractivity contribution in [2.75, 3.05) is 13.2 Å². The molecule has 0 saturated heterocycles. The summed E-state index contributed by atoms with van der Waals surface area (Å²) in [5, 5.41) is 3.50. The van der Waals surface area contributed by atoms with Crippen LogP contribution in [-0.4, -0.2) is 42.3 Å². The van der Waals surface area contributed by atoms with Crippen LogP contribution in [0.3, 0.4) is 0 Å². The predicted molar refractivity (Wildman–Crippen MR) is 138 cm³/mol. The van der Waals surface area contributed by atoms with E-state index in [1.165, 1.54) is 0 Å². The maximum Gasteiger partial charge on any atom is 0.254 e. The second-order valence-corrected chi connectivity index (χ2v) is 8.48. The van der Waals surface area contributed by atoms with Crippen LogP contribution >= 0.6 is 12.4 Å². The molecule has 0 atom stereocenters. The highest BCUT2D eigenvalue weighted by Gasteiger charge is 2.22. The van der Waals surface area contributed by atoms with Gasteiger partial charge in [-0.05, 0) is 107 Å². The number of nitrogens with two attached hydrogens (primary N) is 1. The summed E-state index contributed by atoms with van der Waals surface area (Å²) in [5.74, 6) is 6.86. The van der Waals surface area contributed by atoms with Crippen molar-refractivity contribution in [1.82, 2.24) is 4.90 Å². The number of carbonyl (C=O) groups excluding carboxylic acids is 1. The molecule has 0 radical (unpaired) electrons. The van der Waals surface area contributed by atoms with Crippen LogP contribution in [0, 0.1) is 6.92 Å². The molecule has 0 aliphatic rings. The van der Waals surface area contributed by atoms with E-state index < -0.39 is 0 Å². The van der Waals surface area contributed by atoms with Crippen LogP contribution in [0.2, 0.25) is 0 Å². The van der Waals surface area contributed by atoms with Gasteiger partial charge in [0.05, 0.1) is 19.4 Å². The maximum atomic E-state index is 12.9. The largest absolute Gasteiger partial charge is 0.494 e. The molecule has 2 aromatic rings. The molecule has 0 spiro atoms. The summed E-state index contributed by atoms with van der Waals surface area (Å²) < 4.78 is 11.6. The lowest BCUT2D eigenvalue weighted by Crippen LogP contribution is -2.42. The monoisotopic (exact) mass is 475 g/mol. The van der Waals surface area contributed by atoms with Gasteiger partial charge in [0.2, 0.25) is 0 Å². The summed E-state index contributed by atoms with van der Waals surface area (Å²) in [5.41, 5.74) is 2.62. The molecule has 0 fully saturated rings. The zero-order chi connectivity index (χ0) is 23.5. The Morgan fingerprint density at radius 1 is 0.939 bits per heavy atom. The lowest BCUT2D eigenvalue weighted by Gasteiger charge is -2.31. The Hall–Kier alpha value is -2.73. The summed E-state index contributed by atoms with van der Waals surface area (Å²) in [6, 6.07) is 13.7. The van der Waals surface area contributed by atoms with Crippen molar-refractivity contribution < 1.29 is 14.3 Å². The van der Waals surface area contributed by atoms with Crippen molar-refractivity contribution >= 4 is 24.5 Å². The number of benzene rings is 2. The Labute approximate surface area is 204 Å². The standard InChI is InChI=1S/C26H37N3O3.ClH/c1-19(2)29(20(3)4)26(30)25-14-13-24(17-21(25)5)32-16-8-6-7-15-31-23-11-9-22(10-12-23)18-28-27;/h9-14,17-20H,6-8,15-16,27H2,1-5H3;1H. The molecule has 0 saturated carbocycles. The number of carbonyl (C=O) groups is 1. The van der Waals surface area contributed by atoms with Gasteiger partial charge in [-0.25, -0.2) is 0 Å². The Bertz CT molecular complexity index is 875. The minimum Gasteiger partial charge on any atom is -0.494 e. The molecule has 0 bridgehead atoms. The fraction of sp³-hybridized carbons (Fsp3) is 0.462. The molecule has 1 amide bonds. The Kier molecular flexibility index (Phi) is 12.4. The third kappa shape index (κ3) is 8.97. The van der Waals surface area contributed by atoms with Gasteiger partial charge in [-0.15, -0.1) is 12.4 Å².